The van der Waals surface area contributed by atoms with Crippen LogP contribution in [0.1, 0.15) is 11.4 Å². The molecular weight excluding hydrogens is 371 g/mol. The maximum atomic E-state index is 14.0. The molecular formula is C16H13ClF3N5O. The molecule has 0 fully saturated rings. The minimum Gasteiger partial charge on any atom is -0.340 e. The van der Waals surface area contributed by atoms with Gasteiger partial charge < -0.3 is 10.3 Å². The van der Waals surface area contributed by atoms with Crippen molar-refractivity contribution in [3.05, 3.63) is 58.1 Å². The van der Waals surface area contributed by atoms with Crippen molar-refractivity contribution in [3.8, 4) is 0 Å². The van der Waals surface area contributed by atoms with Crippen LogP contribution in [0.4, 0.5) is 18.9 Å². The zero-order chi connectivity index (χ0) is 19.0. The number of H-pyrrole nitrogens is 1. The third-order valence-electron chi connectivity index (χ3n) is 3.67. The van der Waals surface area contributed by atoms with E-state index < -0.39 is 23.3 Å². The first kappa shape index (κ1) is 18.2. The molecule has 4 N–H and O–H groups in total. The summed E-state index contributed by atoms with van der Waals surface area (Å²) in [6.07, 6.45) is 0. The van der Waals surface area contributed by atoms with Gasteiger partial charge >= 0.3 is 0 Å². The number of nitrogens with zero attached hydrogens (tertiary/aromatic N) is 2. The molecule has 0 aliphatic carbocycles. The van der Waals surface area contributed by atoms with Crippen LogP contribution in [0.15, 0.2) is 24.3 Å². The second-order valence-corrected chi connectivity index (χ2v) is 5.82. The number of amidine groups is 1. The molecule has 0 radical (unpaired) electrons. The fraction of sp³-hybridized carbons (Fsp3) is 0.125. The summed E-state index contributed by atoms with van der Waals surface area (Å²) < 4.78 is 41.2. The lowest BCUT2D eigenvalue weighted by atomic mass is 10.1. The van der Waals surface area contributed by atoms with Crippen molar-refractivity contribution in [1.82, 2.24) is 15.3 Å². The molecule has 0 amide bonds. The van der Waals surface area contributed by atoms with Crippen molar-refractivity contribution in [2.75, 3.05) is 12.1 Å². The Bertz CT molecular complexity index is 1010. The van der Waals surface area contributed by atoms with Crippen LogP contribution < -0.4 is 10.4 Å². The average Bonchev–Trinajstić information content (AvgIpc) is 3.03. The van der Waals surface area contributed by atoms with Gasteiger partial charge in [0.05, 0.1) is 22.8 Å². The van der Waals surface area contributed by atoms with Crippen LogP contribution in [0.5, 0.6) is 0 Å². The first-order valence-electron chi connectivity index (χ1n) is 7.37. The Morgan fingerprint density at radius 1 is 1.31 bits per heavy atom. The summed E-state index contributed by atoms with van der Waals surface area (Å²) in [6, 6.07) is 4.07. The van der Waals surface area contributed by atoms with Gasteiger partial charge in [0.15, 0.2) is 17.5 Å². The van der Waals surface area contributed by atoms with E-state index in [-0.39, 0.29) is 33.9 Å². The van der Waals surface area contributed by atoms with Gasteiger partial charge in [-0.15, -0.1) is 0 Å². The molecule has 1 heterocycles. The number of hydrogen-bond acceptors (Lipinski definition) is 4. The number of benzene rings is 2. The molecule has 0 saturated carbocycles. The number of aromatic amines is 1. The molecule has 0 spiro atoms. The van der Waals surface area contributed by atoms with E-state index in [9.17, 15) is 18.4 Å². The van der Waals surface area contributed by atoms with Crippen LogP contribution in [-0.2, 0) is 6.54 Å². The third-order valence-corrected chi connectivity index (χ3v) is 3.96. The molecule has 0 unspecified atom stereocenters. The Labute approximate surface area is 150 Å². The van der Waals surface area contributed by atoms with Crippen LogP contribution in [0.25, 0.3) is 11.0 Å². The Hall–Kier alpha value is -2.62. The maximum Gasteiger partial charge on any atom is 0.186 e. The Morgan fingerprint density at radius 3 is 2.69 bits per heavy atom. The molecule has 2 aromatic carbocycles. The molecule has 10 heteroatoms. The van der Waals surface area contributed by atoms with Gasteiger partial charge in [-0.3, -0.25) is 10.6 Å². The largest absolute Gasteiger partial charge is 0.340 e. The van der Waals surface area contributed by atoms with E-state index in [0.29, 0.717) is 10.9 Å². The van der Waals surface area contributed by atoms with Gasteiger partial charge in [-0.25, -0.2) is 23.2 Å². The number of imidazole rings is 1. The van der Waals surface area contributed by atoms with Crippen molar-refractivity contribution in [2.45, 2.75) is 6.54 Å². The number of nitrogens with one attached hydrogen (secondary N) is 3. The molecule has 0 saturated heterocycles. The summed E-state index contributed by atoms with van der Waals surface area (Å²) in [5, 5.41) is 21.3. The highest BCUT2D eigenvalue weighted by Crippen LogP contribution is 2.27. The van der Waals surface area contributed by atoms with Crippen molar-refractivity contribution in [1.29, 1.82) is 5.41 Å². The van der Waals surface area contributed by atoms with Crippen LogP contribution in [0.2, 0.25) is 5.02 Å². The van der Waals surface area contributed by atoms with Gasteiger partial charge in [0, 0.05) is 5.56 Å². The molecule has 0 atom stereocenters. The number of hydroxylamine groups is 1. The second-order valence-electron chi connectivity index (χ2n) is 5.42. The number of anilines is 1. The molecule has 3 rings (SSSR count). The van der Waals surface area contributed by atoms with Crippen molar-refractivity contribution in [2.24, 2.45) is 0 Å². The normalized spacial score (nSPS) is 11.2. The quantitative estimate of drug-likeness (QED) is 0.315. The summed E-state index contributed by atoms with van der Waals surface area (Å²) >= 11 is 5.67. The highest BCUT2D eigenvalue weighted by atomic mass is 35.5. The zero-order valence-electron chi connectivity index (χ0n) is 13.4. The van der Waals surface area contributed by atoms with E-state index in [2.05, 4.69) is 15.3 Å². The lowest BCUT2D eigenvalue weighted by Gasteiger charge is -2.18. The van der Waals surface area contributed by atoms with Crippen LogP contribution in [-0.4, -0.2) is 28.1 Å². The fourth-order valence-electron chi connectivity index (χ4n) is 2.45. The summed E-state index contributed by atoms with van der Waals surface area (Å²) in [5.41, 5.74) is -0.391. The lowest BCUT2D eigenvalue weighted by molar-refractivity contribution is 0.312. The van der Waals surface area contributed by atoms with Crippen LogP contribution >= 0.6 is 11.6 Å². The number of aromatic nitrogens is 2. The van der Waals surface area contributed by atoms with Gasteiger partial charge in [0.1, 0.15) is 17.2 Å². The second kappa shape index (κ2) is 6.94. The third kappa shape index (κ3) is 3.12. The summed E-state index contributed by atoms with van der Waals surface area (Å²) in [4.78, 5) is 6.76. The predicted octanol–water partition coefficient (Wildman–Crippen LogP) is 3.57. The minimum absolute atomic E-state index is 0.0192. The van der Waals surface area contributed by atoms with E-state index in [1.54, 1.807) is 7.05 Å². The smallest absolute Gasteiger partial charge is 0.186 e. The number of fused-ring (bicyclic) bond motifs is 1. The molecule has 1 aromatic heterocycles. The van der Waals surface area contributed by atoms with Gasteiger partial charge in [-0.05, 0) is 31.3 Å². The van der Waals surface area contributed by atoms with Crippen molar-refractivity contribution >= 4 is 34.2 Å². The number of halogens is 4. The summed E-state index contributed by atoms with van der Waals surface area (Å²) in [5.74, 6) is -3.32. The monoisotopic (exact) mass is 383 g/mol. The van der Waals surface area contributed by atoms with E-state index in [4.69, 9.17) is 17.0 Å². The van der Waals surface area contributed by atoms with E-state index in [0.717, 1.165) is 18.2 Å². The zero-order valence-corrected chi connectivity index (χ0v) is 14.1. The summed E-state index contributed by atoms with van der Waals surface area (Å²) in [6.45, 7) is 0.263. The van der Waals surface area contributed by atoms with E-state index >= 15 is 0 Å². The molecule has 0 aliphatic rings. The SMILES string of the molecule is CNCc1nc2c(F)c(F)cc(C(=N)N(O)c3ccc(F)c(Cl)c3)c2[nH]1. The molecule has 3 aromatic rings. The van der Waals surface area contributed by atoms with E-state index in [1.165, 1.54) is 6.07 Å². The molecule has 0 bridgehead atoms. The Morgan fingerprint density at radius 2 is 2.04 bits per heavy atom. The fourth-order valence-corrected chi connectivity index (χ4v) is 2.62. The first-order valence-corrected chi connectivity index (χ1v) is 7.75. The Balaban J connectivity index is 2.09. The summed E-state index contributed by atoms with van der Waals surface area (Å²) in [7, 11) is 1.65. The number of hydrogen-bond donors (Lipinski definition) is 4. The lowest BCUT2D eigenvalue weighted by Crippen LogP contribution is -2.27. The van der Waals surface area contributed by atoms with Crippen LogP contribution in [0, 0.1) is 22.9 Å². The van der Waals surface area contributed by atoms with Gasteiger partial charge in [-0.1, -0.05) is 11.6 Å². The van der Waals surface area contributed by atoms with Gasteiger partial charge in [0.2, 0.25) is 0 Å². The molecule has 0 aliphatic heterocycles. The highest BCUT2D eigenvalue weighted by molar-refractivity contribution is 6.31. The van der Waals surface area contributed by atoms with Crippen LogP contribution in [0.3, 0.4) is 0 Å². The van der Waals surface area contributed by atoms with Gasteiger partial charge in [0.25, 0.3) is 0 Å². The highest BCUT2D eigenvalue weighted by Gasteiger charge is 2.22. The maximum absolute atomic E-state index is 14.0. The predicted molar refractivity (Wildman–Crippen MR) is 91.3 cm³/mol. The molecule has 26 heavy (non-hydrogen) atoms. The van der Waals surface area contributed by atoms with E-state index in [1.807, 2.05) is 0 Å². The molecule has 136 valence electrons. The van der Waals surface area contributed by atoms with Gasteiger partial charge in [-0.2, -0.15) is 0 Å². The minimum atomic E-state index is -1.22. The van der Waals surface area contributed by atoms with Crippen molar-refractivity contribution in [3.63, 3.8) is 0 Å². The average molecular weight is 384 g/mol. The Kier molecular flexibility index (Phi) is 4.86. The van der Waals surface area contributed by atoms with Crippen molar-refractivity contribution < 1.29 is 18.4 Å². The topological polar surface area (TPSA) is 88.0 Å². The standard InChI is InChI=1S/C16H13ClF3N5O/c1-22-6-12-23-14-8(5-11(19)13(20)15(14)24-12)16(21)25(26)7-2-3-10(18)9(17)4-7/h2-5,21-22,26H,6H2,1H3,(H,23,24). The molecule has 6 nitrogen and oxygen atoms in total. The number of rotatable bonds is 4. The first-order chi connectivity index (χ1) is 12.3.